The van der Waals surface area contributed by atoms with E-state index >= 15 is 0 Å². The highest BCUT2D eigenvalue weighted by molar-refractivity contribution is 5.83. The number of ether oxygens (including phenoxy) is 1. The minimum Gasteiger partial charge on any atom is -0.490 e. The standard InChI is InChI=1S/C24H30N2O/c1-5-21(6-2)27-22-14-16-24-19(17-22)11-15-23(25-24)18-9-12-20(13-10-18)26(7-3)8-4/h9-17,21H,5-8H2,1-4H3. The Bertz CT molecular complexity index is 865. The number of hydrogen-bond acceptors (Lipinski definition) is 3. The van der Waals surface area contributed by atoms with Crippen LogP contribution < -0.4 is 9.64 Å². The molecule has 0 bridgehead atoms. The lowest BCUT2D eigenvalue weighted by molar-refractivity contribution is 0.193. The minimum atomic E-state index is 0.277. The number of anilines is 1. The van der Waals surface area contributed by atoms with Gasteiger partial charge in [0, 0.05) is 29.7 Å². The smallest absolute Gasteiger partial charge is 0.120 e. The Morgan fingerprint density at radius 3 is 2.19 bits per heavy atom. The summed E-state index contributed by atoms with van der Waals surface area (Å²) >= 11 is 0. The van der Waals surface area contributed by atoms with Gasteiger partial charge in [-0.05, 0) is 63.1 Å². The largest absolute Gasteiger partial charge is 0.490 e. The van der Waals surface area contributed by atoms with Gasteiger partial charge in [0.25, 0.3) is 0 Å². The topological polar surface area (TPSA) is 25.4 Å². The molecule has 1 heterocycles. The van der Waals surface area contributed by atoms with Gasteiger partial charge in [0.2, 0.25) is 0 Å². The summed E-state index contributed by atoms with van der Waals surface area (Å²) in [6, 6.07) is 19.1. The maximum absolute atomic E-state index is 6.06. The normalized spacial score (nSPS) is 11.1. The second kappa shape index (κ2) is 8.90. The first-order valence-corrected chi connectivity index (χ1v) is 10.1. The van der Waals surface area contributed by atoms with E-state index in [2.05, 4.69) is 81.1 Å². The van der Waals surface area contributed by atoms with E-state index in [1.54, 1.807) is 0 Å². The van der Waals surface area contributed by atoms with Gasteiger partial charge in [0.1, 0.15) is 5.75 Å². The summed E-state index contributed by atoms with van der Waals surface area (Å²) < 4.78 is 6.06. The molecule has 0 unspecified atom stereocenters. The van der Waals surface area contributed by atoms with E-state index in [1.165, 1.54) is 5.69 Å². The average molecular weight is 363 g/mol. The Morgan fingerprint density at radius 2 is 1.56 bits per heavy atom. The van der Waals surface area contributed by atoms with Crippen LogP contribution in [0.4, 0.5) is 5.69 Å². The predicted molar refractivity (Wildman–Crippen MR) is 116 cm³/mol. The molecule has 142 valence electrons. The van der Waals surface area contributed by atoms with Crippen LogP contribution in [-0.2, 0) is 0 Å². The van der Waals surface area contributed by atoms with Gasteiger partial charge in [-0.2, -0.15) is 0 Å². The zero-order chi connectivity index (χ0) is 19.2. The second-order valence-corrected chi connectivity index (χ2v) is 6.83. The van der Waals surface area contributed by atoms with Crippen LogP contribution in [0.15, 0.2) is 54.6 Å². The molecule has 0 radical (unpaired) electrons. The first kappa shape index (κ1) is 19.2. The maximum atomic E-state index is 6.06. The van der Waals surface area contributed by atoms with Gasteiger partial charge in [-0.3, -0.25) is 0 Å². The summed E-state index contributed by atoms with van der Waals surface area (Å²) in [5.41, 5.74) is 4.40. The molecule has 3 aromatic rings. The monoisotopic (exact) mass is 362 g/mol. The molecule has 27 heavy (non-hydrogen) atoms. The number of benzene rings is 2. The fourth-order valence-corrected chi connectivity index (χ4v) is 3.42. The van der Waals surface area contributed by atoms with Crippen molar-refractivity contribution in [1.29, 1.82) is 0 Å². The molecule has 0 saturated carbocycles. The molecular formula is C24H30N2O. The highest BCUT2D eigenvalue weighted by atomic mass is 16.5. The van der Waals surface area contributed by atoms with Gasteiger partial charge in [-0.15, -0.1) is 0 Å². The molecule has 0 aliphatic rings. The molecule has 0 saturated heterocycles. The number of aromatic nitrogens is 1. The second-order valence-electron chi connectivity index (χ2n) is 6.83. The van der Waals surface area contributed by atoms with Gasteiger partial charge in [-0.25, -0.2) is 4.98 Å². The van der Waals surface area contributed by atoms with Crippen LogP contribution in [0.25, 0.3) is 22.2 Å². The lowest BCUT2D eigenvalue weighted by Crippen LogP contribution is -2.21. The molecule has 0 N–H and O–H groups in total. The fraction of sp³-hybridized carbons (Fsp3) is 0.375. The van der Waals surface area contributed by atoms with E-state index in [9.17, 15) is 0 Å². The van der Waals surface area contributed by atoms with Crippen molar-refractivity contribution < 1.29 is 4.74 Å². The lowest BCUT2D eigenvalue weighted by Gasteiger charge is -2.21. The fourth-order valence-electron chi connectivity index (χ4n) is 3.42. The molecule has 0 fully saturated rings. The van der Waals surface area contributed by atoms with Crippen LogP contribution in [0.2, 0.25) is 0 Å². The predicted octanol–water partition coefficient (Wildman–Crippen LogP) is 6.32. The zero-order valence-electron chi connectivity index (χ0n) is 16.9. The Balaban J connectivity index is 1.84. The molecule has 0 amide bonds. The molecule has 3 rings (SSSR count). The van der Waals surface area contributed by atoms with Crippen molar-refractivity contribution in [2.24, 2.45) is 0 Å². The first-order chi connectivity index (χ1) is 13.2. The van der Waals surface area contributed by atoms with Crippen molar-refractivity contribution in [2.75, 3.05) is 18.0 Å². The van der Waals surface area contributed by atoms with Crippen LogP contribution in [0.1, 0.15) is 40.5 Å². The van der Waals surface area contributed by atoms with Gasteiger partial charge >= 0.3 is 0 Å². The van der Waals surface area contributed by atoms with Crippen molar-refractivity contribution in [3.63, 3.8) is 0 Å². The molecule has 0 aliphatic heterocycles. The number of nitrogens with zero attached hydrogens (tertiary/aromatic N) is 2. The summed E-state index contributed by atoms with van der Waals surface area (Å²) in [6.07, 6.45) is 2.32. The van der Waals surface area contributed by atoms with E-state index in [0.717, 1.165) is 53.8 Å². The summed E-state index contributed by atoms with van der Waals surface area (Å²) in [6.45, 7) is 10.7. The molecule has 3 heteroatoms. The molecule has 0 spiro atoms. The van der Waals surface area contributed by atoms with Gasteiger partial charge < -0.3 is 9.64 Å². The van der Waals surface area contributed by atoms with Crippen molar-refractivity contribution >= 4 is 16.6 Å². The Hall–Kier alpha value is -2.55. The van der Waals surface area contributed by atoms with Gasteiger partial charge in [0.05, 0.1) is 17.3 Å². The van der Waals surface area contributed by atoms with Gasteiger partial charge in [0.15, 0.2) is 0 Å². The summed E-state index contributed by atoms with van der Waals surface area (Å²) in [5, 5.41) is 1.11. The SMILES string of the molecule is CCC(CC)Oc1ccc2nc(-c3ccc(N(CC)CC)cc3)ccc2c1. The van der Waals surface area contributed by atoms with Crippen LogP contribution >= 0.6 is 0 Å². The summed E-state index contributed by atoms with van der Waals surface area (Å²) in [4.78, 5) is 7.20. The minimum absolute atomic E-state index is 0.277. The molecular weight excluding hydrogens is 332 g/mol. The maximum Gasteiger partial charge on any atom is 0.120 e. The first-order valence-electron chi connectivity index (χ1n) is 10.1. The van der Waals surface area contributed by atoms with Crippen molar-refractivity contribution in [2.45, 2.75) is 46.6 Å². The van der Waals surface area contributed by atoms with E-state index in [0.29, 0.717) is 0 Å². The van der Waals surface area contributed by atoms with E-state index in [4.69, 9.17) is 9.72 Å². The van der Waals surface area contributed by atoms with Crippen molar-refractivity contribution in [3.05, 3.63) is 54.6 Å². The summed E-state index contributed by atoms with van der Waals surface area (Å²) in [7, 11) is 0. The Kier molecular flexibility index (Phi) is 6.33. The third kappa shape index (κ3) is 4.41. The van der Waals surface area contributed by atoms with Crippen LogP contribution in [0.5, 0.6) is 5.75 Å². The van der Waals surface area contributed by atoms with Crippen molar-refractivity contribution in [1.82, 2.24) is 4.98 Å². The molecule has 3 nitrogen and oxygen atoms in total. The molecule has 0 atom stereocenters. The van der Waals surface area contributed by atoms with Crippen LogP contribution in [-0.4, -0.2) is 24.2 Å². The Morgan fingerprint density at radius 1 is 0.852 bits per heavy atom. The highest BCUT2D eigenvalue weighted by Crippen LogP contribution is 2.26. The third-order valence-corrected chi connectivity index (χ3v) is 5.17. The third-order valence-electron chi connectivity index (χ3n) is 5.17. The van der Waals surface area contributed by atoms with E-state index in [1.807, 2.05) is 6.07 Å². The summed E-state index contributed by atoms with van der Waals surface area (Å²) in [5.74, 6) is 0.925. The van der Waals surface area contributed by atoms with Gasteiger partial charge in [-0.1, -0.05) is 32.0 Å². The molecule has 1 aromatic heterocycles. The number of rotatable bonds is 8. The number of hydrogen-bond donors (Lipinski definition) is 0. The molecule has 2 aromatic carbocycles. The zero-order valence-corrected chi connectivity index (χ0v) is 16.9. The van der Waals surface area contributed by atoms with Crippen LogP contribution in [0, 0.1) is 0 Å². The Labute approximate surface area is 163 Å². The van der Waals surface area contributed by atoms with E-state index in [-0.39, 0.29) is 6.10 Å². The number of pyridine rings is 1. The van der Waals surface area contributed by atoms with Crippen molar-refractivity contribution in [3.8, 4) is 17.0 Å². The average Bonchev–Trinajstić information content (AvgIpc) is 2.73. The highest BCUT2D eigenvalue weighted by Gasteiger charge is 2.08. The lowest BCUT2D eigenvalue weighted by atomic mass is 10.1. The van der Waals surface area contributed by atoms with Crippen LogP contribution in [0.3, 0.4) is 0 Å². The van der Waals surface area contributed by atoms with E-state index < -0.39 is 0 Å². The molecule has 0 aliphatic carbocycles. The number of fused-ring (bicyclic) bond motifs is 1. The quantitative estimate of drug-likeness (QED) is 0.469.